The molecule has 6 nitrogen and oxygen atoms in total. The molecule has 31 heavy (non-hydrogen) atoms. The first-order valence-electron chi connectivity index (χ1n) is 10.6. The maximum Gasteiger partial charge on any atom is 0.306 e. The predicted molar refractivity (Wildman–Crippen MR) is 118 cm³/mol. The molecule has 1 amide bonds. The molecule has 6 heteroatoms. The fourth-order valence-corrected chi connectivity index (χ4v) is 4.18. The van der Waals surface area contributed by atoms with Gasteiger partial charge in [-0.15, -0.1) is 0 Å². The van der Waals surface area contributed by atoms with E-state index in [9.17, 15) is 9.59 Å². The molecule has 1 aromatic heterocycles. The summed E-state index contributed by atoms with van der Waals surface area (Å²) in [5.74, 6) is -0.239. The van der Waals surface area contributed by atoms with Gasteiger partial charge in [-0.05, 0) is 30.9 Å². The lowest BCUT2D eigenvalue weighted by atomic mass is 9.94. The second kappa shape index (κ2) is 9.16. The summed E-state index contributed by atoms with van der Waals surface area (Å²) in [6.45, 7) is 2.70. The van der Waals surface area contributed by atoms with Crippen molar-refractivity contribution >= 4 is 11.9 Å². The molecule has 2 heterocycles. The molecule has 160 valence electrons. The molecule has 0 saturated carbocycles. The van der Waals surface area contributed by atoms with Crippen LogP contribution < -0.4 is 0 Å². The van der Waals surface area contributed by atoms with Gasteiger partial charge >= 0.3 is 5.97 Å². The number of aromatic amines is 1. The Morgan fingerprint density at radius 1 is 1.16 bits per heavy atom. The Hall–Kier alpha value is -3.41. The summed E-state index contributed by atoms with van der Waals surface area (Å²) in [6.07, 6.45) is 3.59. The Balaban J connectivity index is 1.58. The molecular weight excluding hydrogens is 390 g/mol. The summed E-state index contributed by atoms with van der Waals surface area (Å²) in [7, 11) is 1.35. The van der Waals surface area contributed by atoms with Crippen LogP contribution in [0, 0.1) is 6.92 Å². The molecule has 1 fully saturated rings. The van der Waals surface area contributed by atoms with Crippen molar-refractivity contribution in [1.29, 1.82) is 0 Å². The number of carbonyl (C=O) groups excluding carboxylic acids is 2. The van der Waals surface area contributed by atoms with Crippen LogP contribution in [0.3, 0.4) is 0 Å². The molecule has 0 radical (unpaired) electrons. The zero-order valence-electron chi connectivity index (χ0n) is 17.9. The van der Waals surface area contributed by atoms with Crippen LogP contribution in [0.1, 0.15) is 48.2 Å². The van der Waals surface area contributed by atoms with Crippen LogP contribution >= 0.6 is 0 Å². The highest BCUT2D eigenvalue weighted by Gasteiger charge is 2.37. The van der Waals surface area contributed by atoms with Gasteiger partial charge in [0.15, 0.2) is 0 Å². The standard InChI is InChI=1S/C25H27N3O3/c1-17-10-12-19(13-11-17)21-16-26-24(27-21)22-9-6-14-28(22)25(30)20(15-23(29)31-2)18-7-4-3-5-8-18/h3-5,7-8,10-13,16,20,22H,6,9,14-15H2,1-2H3,(H,26,27)/t20-,22+/m1/s1. The Kier molecular flexibility index (Phi) is 6.16. The highest BCUT2D eigenvalue weighted by Crippen LogP contribution is 2.35. The number of esters is 1. The quantitative estimate of drug-likeness (QED) is 0.604. The first-order valence-corrected chi connectivity index (χ1v) is 10.6. The minimum atomic E-state index is -0.569. The molecule has 4 rings (SSSR count). The number of H-pyrrole nitrogens is 1. The predicted octanol–water partition coefficient (Wildman–Crippen LogP) is 4.40. The van der Waals surface area contributed by atoms with Gasteiger partial charge in [-0.1, -0.05) is 60.2 Å². The Bertz CT molecular complexity index is 1040. The van der Waals surface area contributed by atoms with E-state index in [1.165, 1.54) is 12.7 Å². The third kappa shape index (κ3) is 4.53. The summed E-state index contributed by atoms with van der Waals surface area (Å²) in [6, 6.07) is 17.6. The number of nitrogens with one attached hydrogen (secondary N) is 1. The Morgan fingerprint density at radius 2 is 1.90 bits per heavy atom. The van der Waals surface area contributed by atoms with Crippen molar-refractivity contribution in [2.45, 2.75) is 38.1 Å². The van der Waals surface area contributed by atoms with E-state index in [0.717, 1.165) is 35.5 Å². The molecule has 1 saturated heterocycles. The van der Waals surface area contributed by atoms with Crippen LogP contribution in [0.25, 0.3) is 11.3 Å². The molecule has 2 atom stereocenters. The van der Waals surface area contributed by atoms with E-state index < -0.39 is 11.9 Å². The van der Waals surface area contributed by atoms with Gasteiger partial charge in [0, 0.05) is 6.54 Å². The summed E-state index contributed by atoms with van der Waals surface area (Å²) in [5.41, 5.74) is 4.02. The van der Waals surface area contributed by atoms with Gasteiger partial charge in [0.1, 0.15) is 5.82 Å². The molecule has 0 unspecified atom stereocenters. The van der Waals surface area contributed by atoms with E-state index in [-0.39, 0.29) is 18.4 Å². The number of hydrogen-bond donors (Lipinski definition) is 1. The first-order chi connectivity index (χ1) is 15.1. The fourth-order valence-electron chi connectivity index (χ4n) is 4.18. The van der Waals surface area contributed by atoms with Crippen molar-refractivity contribution in [3.63, 3.8) is 0 Å². The summed E-state index contributed by atoms with van der Waals surface area (Å²) < 4.78 is 4.86. The highest BCUT2D eigenvalue weighted by molar-refractivity contribution is 5.88. The molecule has 0 spiro atoms. The second-order valence-electron chi connectivity index (χ2n) is 7.98. The van der Waals surface area contributed by atoms with Gasteiger partial charge in [0.05, 0.1) is 37.4 Å². The van der Waals surface area contributed by atoms with E-state index in [0.29, 0.717) is 6.54 Å². The lowest BCUT2D eigenvalue weighted by Gasteiger charge is -2.28. The first kappa shape index (κ1) is 20.8. The van der Waals surface area contributed by atoms with Crippen LogP contribution in [0.2, 0.25) is 0 Å². The topological polar surface area (TPSA) is 75.3 Å². The third-order valence-electron chi connectivity index (χ3n) is 5.91. The van der Waals surface area contributed by atoms with Crippen molar-refractivity contribution in [2.75, 3.05) is 13.7 Å². The number of aryl methyl sites for hydroxylation is 1. The maximum absolute atomic E-state index is 13.6. The number of aromatic nitrogens is 2. The molecule has 2 aromatic carbocycles. The zero-order chi connectivity index (χ0) is 21.8. The number of likely N-dealkylation sites (tertiary alicyclic amines) is 1. The van der Waals surface area contributed by atoms with Crippen molar-refractivity contribution < 1.29 is 14.3 Å². The van der Waals surface area contributed by atoms with Gasteiger partial charge in [-0.2, -0.15) is 0 Å². The number of carbonyl (C=O) groups is 2. The molecule has 0 aliphatic carbocycles. The van der Waals surface area contributed by atoms with Crippen LogP contribution in [0.4, 0.5) is 0 Å². The zero-order valence-corrected chi connectivity index (χ0v) is 17.9. The van der Waals surface area contributed by atoms with Gasteiger partial charge in [-0.25, -0.2) is 4.98 Å². The van der Waals surface area contributed by atoms with Gasteiger partial charge in [0.2, 0.25) is 5.91 Å². The van der Waals surface area contributed by atoms with Crippen molar-refractivity contribution in [3.05, 3.63) is 77.7 Å². The van der Waals surface area contributed by atoms with Crippen LogP contribution in [-0.4, -0.2) is 40.4 Å². The van der Waals surface area contributed by atoms with Gasteiger partial charge < -0.3 is 14.6 Å². The minimum Gasteiger partial charge on any atom is -0.469 e. The molecule has 1 N–H and O–H groups in total. The third-order valence-corrected chi connectivity index (χ3v) is 5.91. The maximum atomic E-state index is 13.6. The Morgan fingerprint density at radius 3 is 2.61 bits per heavy atom. The number of nitrogens with zero attached hydrogens (tertiary/aromatic N) is 2. The number of amides is 1. The van der Waals surface area contributed by atoms with Gasteiger partial charge in [0.25, 0.3) is 0 Å². The number of ether oxygens (including phenoxy) is 1. The largest absolute Gasteiger partial charge is 0.469 e. The molecular formula is C25H27N3O3. The average molecular weight is 418 g/mol. The van der Waals surface area contributed by atoms with E-state index in [1.54, 1.807) is 0 Å². The molecule has 0 bridgehead atoms. The minimum absolute atomic E-state index is 0.0232. The van der Waals surface area contributed by atoms with Crippen LogP contribution in [0.5, 0.6) is 0 Å². The number of methoxy groups -OCH3 is 1. The second-order valence-corrected chi connectivity index (χ2v) is 7.98. The average Bonchev–Trinajstić information content (AvgIpc) is 3.47. The molecule has 3 aromatic rings. The monoisotopic (exact) mass is 417 g/mol. The van der Waals surface area contributed by atoms with Crippen molar-refractivity contribution in [1.82, 2.24) is 14.9 Å². The van der Waals surface area contributed by atoms with Gasteiger partial charge in [-0.3, -0.25) is 9.59 Å². The van der Waals surface area contributed by atoms with E-state index in [4.69, 9.17) is 4.74 Å². The summed E-state index contributed by atoms with van der Waals surface area (Å²) in [4.78, 5) is 35.5. The lowest BCUT2D eigenvalue weighted by molar-refractivity contribution is -0.145. The fraction of sp³-hybridized carbons (Fsp3) is 0.320. The van der Waals surface area contributed by atoms with Crippen LogP contribution in [0.15, 0.2) is 60.8 Å². The molecule has 1 aliphatic rings. The lowest BCUT2D eigenvalue weighted by Crippen LogP contribution is -2.36. The normalized spacial score (nSPS) is 16.8. The van der Waals surface area contributed by atoms with Crippen molar-refractivity contribution in [2.24, 2.45) is 0 Å². The van der Waals surface area contributed by atoms with E-state index >= 15 is 0 Å². The smallest absolute Gasteiger partial charge is 0.306 e. The number of rotatable bonds is 6. The van der Waals surface area contributed by atoms with Crippen LogP contribution in [-0.2, 0) is 14.3 Å². The SMILES string of the molecule is COC(=O)C[C@@H](C(=O)N1CCC[C@H]1c1ncc(-c2ccc(C)cc2)[nH]1)c1ccccc1. The summed E-state index contributed by atoms with van der Waals surface area (Å²) >= 11 is 0. The summed E-state index contributed by atoms with van der Waals surface area (Å²) in [5, 5.41) is 0. The van der Waals surface area contributed by atoms with E-state index in [2.05, 4.69) is 41.2 Å². The highest BCUT2D eigenvalue weighted by atomic mass is 16.5. The number of imidazole rings is 1. The number of benzene rings is 2. The number of hydrogen-bond acceptors (Lipinski definition) is 4. The van der Waals surface area contributed by atoms with E-state index in [1.807, 2.05) is 41.4 Å². The van der Waals surface area contributed by atoms with Crippen molar-refractivity contribution in [3.8, 4) is 11.3 Å². The molecule has 1 aliphatic heterocycles. The Labute approximate surface area is 182 Å².